The van der Waals surface area contributed by atoms with Gasteiger partial charge in [0.2, 0.25) is 0 Å². The third-order valence-electron chi connectivity index (χ3n) is 2.00. The number of hydrogen-bond donors (Lipinski definition) is 0. The molecule has 3 nitrogen and oxygen atoms in total. The maximum absolute atomic E-state index is 5.13. The smallest absolute Gasteiger partial charge is 0.167 e. The SMILES string of the molecule is CC.COc1ccc(-c2cc(C)no2)cc1. The number of nitrogens with zero attached hydrogens (tertiary/aromatic N) is 1. The summed E-state index contributed by atoms with van der Waals surface area (Å²) in [5.74, 6) is 1.62. The summed E-state index contributed by atoms with van der Waals surface area (Å²) in [6, 6.07) is 9.58. The number of aromatic nitrogens is 1. The molecule has 3 heteroatoms. The van der Waals surface area contributed by atoms with Crippen molar-refractivity contribution in [1.82, 2.24) is 5.16 Å². The van der Waals surface area contributed by atoms with Gasteiger partial charge in [0.1, 0.15) is 5.75 Å². The van der Waals surface area contributed by atoms with E-state index in [-0.39, 0.29) is 0 Å². The second-order valence-electron chi connectivity index (χ2n) is 3.06. The highest BCUT2D eigenvalue weighted by atomic mass is 16.5. The van der Waals surface area contributed by atoms with Crippen molar-refractivity contribution in [2.45, 2.75) is 20.8 Å². The van der Waals surface area contributed by atoms with E-state index in [1.54, 1.807) is 7.11 Å². The van der Waals surface area contributed by atoms with Crippen LogP contribution in [-0.2, 0) is 0 Å². The molecule has 0 radical (unpaired) electrons. The molecule has 0 fully saturated rings. The summed E-state index contributed by atoms with van der Waals surface area (Å²) in [6.07, 6.45) is 0. The van der Waals surface area contributed by atoms with E-state index >= 15 is 0 Å². The summed E-state index contributed by atoms with van der Waals surface area (Å²) >= 11 is 0. The maximum Gasteiger partial charge on any atom is 0.167 e. The number of hydrogen-bond acceptors (Lipinski definition) is 3. The Balaban J connectivity index is 0.000000606. The molecule has 1 aromatic carbocycles. The number of aryl methyl sites for hydroxylation is 1. The lowest BCUT2D eigenvalue weighted by atomic mass is 10.1. The Bertz CT molecular complexity index is 418. The van der Waals surface area contributed by atoms with Gasteiger partial charge in [-0.2, -0.15) is 0 Å². The van der Waals surface area contributed by atoms with E-state index in [1.807, 2.05) is 51.1 Å². The predicted molar refractivity (Wildman–Crippen MR) is 64.6 cm³/mol. The lowest BCUT2D eigenvalue weighted by molar-refractivity contribution is 0.414. The van der Waals surface area contributed by atoms with Crippen LogP contribution in [-0.4, -0.2) is 12.3 Å². The minimum Gasteiger partial charge on any atom is -0.497 e. The maximum atomic E-state index is 5.13. The van der Waals surface area contributed by atoms with Gasteiger partial charge in [0.05, 0.1) is 12.8 Å². The van der Waals surface area contributed by atoms with Gasteiger partial charge >= 0.3 is 0 Å². The molecule has 2 aromatic rings. The average molecular weight is 219 g/mol. The van der Waals surface area contributed by atoms with Crippen LogP contribution in [0.5, 0.6) is 5.75 Å². The Morgan fingerprint density at radius 1 is 1.12 bits per heavy atom. The standard InChI is InChI=1S/C11H11NO2.C2H6/c1-8-7-11(14-12-8)9-3-5-10(13-2)6-4-9;1-2/h3-7H,1-2H3;1-2H3. The number of rotatable bonds is 2. The Morgan fingerprint density at radius 2 is 1.75 bits per heavy atom. The first-order chi connectivity index (χ1) is 7.79. The highest BCUT2D eigenvalue weighted by Crippen LogP contribution is 2.22. The largest absolute Gasteiger partial charge is 0.497 e. The van der Waals surface area contributed by atoms with Crippen molar-refractivity contribution in [3.63, 3.8) is 0 Å². The Morgan fingerprint density at radius 3 is 2.19 bits per heavy atom. The molecule has 2 rings (SSSR count). The minimum atomic E-state index is 0.783. The van der Waals surface area contributed by atoms with E-state index in [0.717, 1.165) is 22.8 Å². The van der Waals surface area contributed by atoms with Crippen LogP contribution in [0.25, 0.3) is 11.3 Å². The van der Waals surface area contributed by atoms with Crippen molar-refractivity contribution in [1.29, 1.82) is 0 Å². The van der Waals surface area contributed by atoms with E-state index < -0.39 is 0 Å². The van der Waals surface area contributed by atoms with Gasteiger partial charge in [-0.3, -0.25) is 0 Å². The first kappa shape index (κ1) is 12.3. The summed E-state index contributed by atoms with van der Waals surface area (Å²) in [6.45, 7) is 5.90. The number of methoxy groups -OCH3 is 1. The number of ether oxygens (including phenoxy) is 1. The topological polar surface area (TPSA) is 35.3 Å². The summed E-state index contributed by atoms with van der Waals surface area (Å²) in [4.78, 5) is 0. The van der Waals surface area contributed by atoms with Crippen LogP contribution in [0.3, 0.4) is 0 Å². The fraction of sp³-hybridized carbons (Fsp3) is 0.308. The van der Waals surface area contributed by atoms with Gasteiger partial charge in [-0.25, -0.2) is 0 Å². The van der Waals surface area contributed by atoms with Crippen molar-refractivity contribution < 1.29 is 9.26 Å². The van der Waals surface area contributed by atoms with Crippen molar-refractivity contribution in [2.24, 2.45) is 0 Å². The average Bonchev–Trinajstić information content (AvgIpc) is 2.79. The molecular formula is C13H17NO2. The fourth-order valence-corrected chi connectivity index (χ4v) is 1.25. The van der Waals surface area contributed by atoms with Crippen LogP contribution in [0.4, 0.5) is 0 Å². The molecule has 0 amide bonds. The third kappa shape index (κ3) is 2.86. The van der Waals surface area contributed by atoms with E-state index in [9.17, 15) is 0 Å². The van der Waals surface area contributed by atoms with E-state index in [2.05, 4.69) is 5.16 Å². The first-order valence-electron chi connectivity index (χ1n) is 5.37. The van der Waals surface area contributed by atoms with Gasteiger partial charge in [-0.05, 0) is 31.2 Å². The van der Waals surface area contributed by atoms with Gasteiger partial charge in [-0.1, -0.05) is 19.0 Å². The quantitative estimate of drug-likeness (QED) is 0.772. The van der Waals surface area contributed by atoms with Crippen LogP contribution >= 0.6 is 0 Å². The summed E-state index contributed by atoms with van der Waals surface area (Å²) in [5, 5.41) is 3.83. The minimum absolute atomic E-state index is 0.783. The Labute approximate surface area is 96.0 Å². The highest BCUT2D eigenvalue weighted by Gasteiger charge is 2.03. The zero-order valence-electron chi connectivity index (χ0n) is 10.2. The van der Waals surface area contributed by atoms with Crippen LogP contribution in [0.2, 0.25) is 0 Å². The number of benzene rings is 1. The van der Waals surface area contributed by atoms with E-state index in [1.165, 1.54) is 0 Å². The van der Waals surface area contributed by atoms with Crippen LogP contribution in [0.1, 0.15) is 19.5 Å². The van der Waals surface area contributed by atoms with Gasteiger partial charge < -0.3 is 9.26 Å². The lowest BCUT2D eigenvalue weighted by Crippen LogP contribution is -1.81. The molecule has 0 saturated heterocycles. The van der Waals surface area contributed by atoms with Crippen molar-refractivity contribution in [3.8, 4) is 17.1 Å². The van der Waals surface area contributed by atoms with Crippen molar-refractivity contribution in [2.75, 3.05) is 7.11 Å². The zero-order chi connectivity index (χ0) is 12.0. The highest BCUT2D eigenvalue weighted by molar-refractivity contribution is 5.58. The van der Waals surface area contributed by atoms with Crippen molar-refractivity contribution in [3.05, 3.63) is 36.0 Å². The Hall–Kier alpha value is -1.77. The van der Waals surface area contributed by atoms with Gasteiger partial charge in [0, 0.05) is 11.6 Å². The molecule has 0 spiro atoms. The molecule has 0 saturated carbocycles. The monoisotopic (exact) mass is 219 g/mol. The molecule has 0 bridgehead atoms. The van der Waals surface area contributed by atoms with E-state index in [0.29, 0.717) is 0 Å². The molecule has 0 aliphatic carbocycles. The predicted octanol–water partition coefficient (Wildman–Crippen LogP) is 3.68. The molecule has 0 aliphatic rings. The van der Waals surface area contributed by atoms with Gasteiger partial charge in [0.15, 0.2) is 5.76 Å². The van der Waals surface area contributed by atoms with Gasteiger partial charge in [-0.15, -0.1) is 0 Å². The zero-order valence-corrected chi connectivity index (χ0v) is 10.2. The molecule has 16 heavy (non-hydrogen) atoms. The first-order valence-corrected chi connectivity index (χ1v) is 5.37. The van der Waals surface area contributed by atoms with Crippen LogP contribution in [0.15, 0.2) is 34.9 Å². The summed E-state index contributed by atoms with van der Waals surface area (Å²) in [7, 11) is 1.65. The van der Waals surface area contributed by atoms with Crippen LogP contribution < -0.4 is 4.74 Å². The van der Waals surface area contributed by atoms with Crippen molar-refractivity contribution >= 4 is 0 Å². The Kier molecular flexibility index (Phi) is 4.58. The molecular weight excluding hydrogens is 202 g/mol. The normalized spacial score (nSPS) is 9.25. The molecule has 0 N–H and O–H groups in total. The van der Waals surface area contributed by atoms with Gasteiger partial charge in [0.25, 0.3) is 0 Å². The summed E-state index contributed by atoms with van der Waals surface area (Å²) < 4.78 is 10.2. The molecule has 0 atom stereocenters. The molecule has 0 aliphatic heterocycles. The second-order valence-corrected chi connectivity index (χ2v) is 3.06. The summed E-state index contributed by atoms with van der Waals surface area (Å²) in [5.41, 5.74) is 1.89. The molecule has 1 aromatic heterocycles. The van der Waals surface area contributed by atoms with Crippen LogP contribution in [0, 0.1) is 6.92 Å². The fourth-order valence-electron chi connectivity index (χ4n) is 1.25. The lowest BCUT2D eigenvalue weighted by Gasteiger charge is -1.99. The molecule has 86 valence electrons. The van der Waals surface area contributed by atoms with E-state index in [4.69, 9.17) is 9.26 Å². The second kappa shape index (κ2) is 5.95. The molecule has 0 unspecified atom stereocenters. The third-order valence-corrected chi connectivity index (χ3v) is 2.00. The molecule has 1 heterocycles.